The van der Waals surface area contributed by atoms with Crippen molar-refractivity contribution in [3.05, 3.63) is 23.8 Å². The zero-order chi connectivity index (χ0) is 11.7. The molecular formula is C11H13N3O2. The lowest BCUT2D eigenvalue weighted by Crippen LogP contribution is -2.51. The summed E-state index contributed by atoms with van der Waals surface area (Å²) in [6.07, 6.45) is 0. The van der Waals surface area contributed by atoms with Gasteiger partial charge >= 0.3 is 0 Å². The van der Waals surface area contributed by atoms with Gasteiger partial charge in [-0.15, -0.1) is 0 Å². The first-order valence-corrected chi connectivity index (χ1v) is 5.01. The van der Waals surface area contributed by atoms with Crippen molar-refractivity contribution in [1.29, 1.82) is 0 Å². The second-order valence-electron chi connectivity index (χ2n) is 3.80. The number of nitrogens with zero attached hydrogens (tertiary/aromatic N) is 1. The van der Waals surface area contributed by atoms with Crippen LogP contribution in [0.2, 0.25) is 0 Å². The maximum atomic E-state index is 11.7. The molecule has 1 fully saturated rings. The number of anilines is 2. The third-order valence-corrected chi connectivity index (χ3v) is 2.56. The molecule has 3 N–H and O–H groups in total. The lowest BCUT2D eigenvalue weighted by molar-refractivity contribution is -0.128. The van der Waals surface area contributed by atoms with Gasteiger partial charge in [0.2, 0.25) is 11.8 Å². The molecule has 1 heterocycles. The quantitative estimate of drug-likeness (QED) is 0.655. The molecule has 1 aromatic carbocycles. The average molecular weight is 219 g/mol. The number of nitrogens with one attached hydrogen (secondary N) is 1. The lowest BCUT2D eigenvalue weighted by atomic mass is 10.1. The third-order valence-electron chi connectivity index (χ3n) is 2.56. The van der Waals surface area contributed by atoms with Gasteiger partial charge < -0.3 is 16.0 Å². The van der Waals surface area contributed by atoms with Crippen molar-refractivity contribution in [2.45, 2.75) is 6.92 Å². The van der Waals surface area contributed by atoms with Crippen molar-refractivity contribution in [2.24, 2.45) is 0 Å². The highest BCUT2D eigenvalue weighted by molar-refractivity contribution is 6.05. The van der Waals surface area contributed by atoms with Crippen molar-refractivity contribution in [3.63, 3.8) is 0 Å². The topological polar surface area (TPSA) is 75.4 Å². The molecule has 0 saturated carbocycles. The Morgan fingerprint density at radius 2 is 2.12 bits per heavy atom. The number of benzene rings is 1. The van der Waals surface area contributed by atoms with E-state index in [1.165, 1.54) is 4.90 Å². The van der Waals surface area contributed by atoms with Gasteiger partial charge in [0.05, 0.1) is 6.54 Å². The number of piperazine rings is 1. The van der Waals surface area contributed by atoms with Crippen molar-refractivity contribution < 1.29 is 9.59 Å². The molecule has 1 aromatic rings. The number of hydrogen-bond donors (Lipinski definition) is 2. The van der Waals surface area contributed by atoms with Crippen LogP contribution in [0, 0.1) is 6.92 Å². The van der Waals surface area contributed by atoms with E-state index in [9.17, 15) is 9.59 Å². The molecule has 16 heavy (non-hydrogen) atoms. The first-order valence-electron chi connectivity index (χ1n) is 5.01. The minimum Gasteiger partial charge on any atom is -0.399 e. The van der Waals surface area contributed by atoms with Crippen LogP contribution in [0.3, 0.4) is 0 Å². The summed E-state index contributed by atoms with van der Waals surface area (Å²) < 4.78 is 0. The summed E-state index contributed by atoms with van der Waals surface area (Å²) in [5.74, 6) is -0.269. The fourth-order valence-electron chi connectivity index (χ4n) is 1.69. The van der Waals surface area contributed by atoms with Crippen molar-refractivity contribution in [2.75, 3.05) is 23.7 Å². The normalized spacial score (nSPS) is 16.2. The molecule has 2 amide bonds. The smallest absolute Gasteiger partial charge is 0.246 e. The van der Waals surface area contributed by atoms with E-state index in [4.69, 9.17) is 5.73 Å². The summed E-state index contributed by atoms with van der Waals surface area (Å²) >= 11 is 0. The standard InChI is InChI=1S/C11H13N3O2/c1-7-2-3-8(12)4-9(7)14-6-10(15)13-5-11(14)16/h2-4H,5-6,12H2,1H3,(H,13,15). The monoisotopic (exact) mass is 219 g/mol. The Morgan fingerprint density at radius 3 is 2.88 bits per heavy atom. The van der Waals surface area contributed by atoms with Gasteiger partial charge in [0.15, 0.2) is 0 Å². The first kappa shape index (κ1) is 10.5. The molecule has 2 rings (SSSR count). The van der Waals surface area contributed by atoms with E-state index in [-0.39, 0.29) is 24.9 Å². The first-order chi connectivity index (χ1) is 7.58. The summed E-state index contributed by atoms with van der Waals surface area (Å²) in [5.41, 5.74) is 7.89. The van der Waals surface area contributed by atoms with Crippen LogP contribution in [0.4, 0.5) is 11.4 Å². The molecular weight excluding hydrogens is 206 g/mol. The van der Waals surface area contributed by atoms with Gasteiger partial charge in [-0.1, -0.05) is 6.07 Å². The number of hydrogen-bond acceptors (Lipinski definition) is 3. The number of nitrogen functional groups attached to an aromatic ring is 1. The highest BCUT2D eigenvalue weighted by atomic mass is 16.2. The van der Waals surface area contributed by atoms with Crippen LogP contribution in [0.5, 0.6) is 0 Å². The van der Waals surface area contributed by atoms with Gasteiger partial charge in [-0.3, -0.25) is 9.59 Å². The summed E-state index contributed by atoms with van der Waals surface area (Å²) in [6.45, 7) is 1.99. The number of carbonyl (C=O) groups excluding carboxylic acids is 2. The van der Waals surface area contributed by atoms with Gasteiger partial charge in [0, 0.05) is 11.4 Å². The maximum absolute atomic E-state index is 11.7. The molecule has 0 spiro atoms. The van der Waals surface area contributed by atoms with Gasteiger partial charge in [0.1, 0.15) is 6.54 Å². The second kappa shape index (κ2) is 3.84. The number of nitrogens with two attached hydrogens (primary N) is 1. The van der Waals surface area contributed by atoms with Crippen molar-refractivity contribution in [1.82, 2.24) is 5.32 Å². The molecule has 0 bridgehead atoms. The van der Waals surface area contributed by atoms with Crippen LogP contribution >= 0.6 is 0 Å². The fourth-order valence-corrected chi connectivity index (χ4v) is 1.69. The average Bonchev–Trinajstić information content (AvgIpc) is 2.25. The van der Waals surface area contributed by atoms with E-state index < -0.39 is 0 Å². The fraction of sp³-hybridized carbons (Fsp3) is 0.273. The van der Waals surface area contributed by atoms with Crippen molar-refractivity contribution in [3.8, 4) is 0 Å². The van der Waals surface area contributed by atoms with E-state index in [2.05, 4.69) is 5.32 Å². The van der Waals surface area contributed by atoms with Crippen LogP contribution in [-0.4, -0.2) is 24.9 Å². The van der Waals surface area contributed by atoms with Gasteiger partial charge in [-0.05, 0) is 24.6 Å². The van der Waals surface area contributed by atoms with Crippen molar-refractivity contribution >= 4 is 23.2 Å². The molecule has 1 aliphatic heterocycles. The SMILES string of the molecule is Cc1ccc(N)cc1N1CC(=O)NCC1=O. The number of rotatable bonds is 1. The number of aryl methyl sites for hydroxylation is 1. The van der Waals surface area contributed by atoms with Crippen LogP contribution in [0.1, 0.15) is 5.56 Å². The largest absolute Gasteiger partial charge is 0.399 e. The summed E-state index contributed by atoms with van der Waals surface area (Å²) in [7, 11) is 0. The molecule has 0 atom stereocenters. The predicted octanol–water partition coefficient (Wildman–Crippen LogP) is 0.0400. The van der Waals surface area contributed by atoms with E-state index in [0.29, 0.717) is 11.4 Å². The summed E-state index contributed by atoms with van der Waals surface area (Å²) in [4.78, 5) is 24.4. The Bertz CT molecular complexity index is 457. The Hall–Kier alpha value is -2.04. The molecule has 5 heteroatoms. The number of amides is 2. The minimum absolute atomic E-state index is 0.0487. The second-order valence-corrected chi connectivity index (χ2v) is 3.80. The van der Waals surface area contributed by atoms with Crippen LogP contribution in [-0.2, 0) is 9.59 Å². The minimum atomic E-state index is -0.151. The highest BCUT2D eigenvalue weighted by Gasteiger charge is 2.25. The molecule has 5 nitrogen and oxygen atoms in total. The molecule has 0 unspecified atom stereocenters. The molecule has 1 saturated heterocycles. The van der Waals surface area contributed by atoms with Crippen LogP contribution in [0.25, 0.3) is 0 Å². The molecule has 1 aliphatic rings. The Kier molecular flexibility index (Phi) is 2.52. The highest BCUT2D eigenvalue weighted by Crippen LogP contribution is 2.23. The predicted molar refractivity (Wildman–Crippen MR) is 61.0 cm³/mol. The summed E-state index contributed by atoms with van der Waals surface area (Å²) in [6, 6.07) is 5.32. The third kappa shape index (κ3) is 1.84. The maximum Gasteiger partial charge on any atom is 0.246 e. The molecule has 84 valence electrons. The summed E-state index contributed by atoms with van der Waals surface area (Å²) in [5, 5.41) is 2.50. The van der Waals surface area contributed by atoms with E-state index in [1.54, 1.807) is 12.1 Å². The Morgan fingerprint density at radius 1 is 1.38 bits per heavy atom. The lowest BCUT2D eigenvalue weighted by Gasteiger charge is -2.28. The Labute approximate surface area is 93.2 Å². The Balaban J connectivity index is 2.38. The van der Waals surface area contributed by atoms with E-state index in [1.807, 2.05) is 13.0 Å². The van der Waals surface area contributed by atoms with Gasteiger partial charge in [0.25, 0.3) is 0 Å². The molecule has 0 aliphatic carbocycles. The van der Waals surface area contributed by atoms with Crippen LogP contribution in [0.15, 0.2) is 18.2 Å². The van der Waals surface area contributed by atoms with Crippen LogP contribution < -0.4 is 16.0 Å². The zero-order valence-corrected chi connectivity index (χ0v) is 8.99. The van der Waals surface area contributed by atoms with E-state index in [0.717, 1.165) is 5.56 Å². The zero-order valence-electron chi connectivity index (χ0n) is 8.99. The van der Waals surface area contributed by atoms with E-state index >= 15 is 0 Å². The van der Waals surface area contributed by atoms with Gasteiger partial charge in [-0.2, -0.15) is 0 Å². The number of carbonyl (C=O) groups is 2. The molecule has 0 radical (unpaired) electrons. The van der Waals surface area contributed by atoms with Gasteiger partial charge in [-0.25, -0.2) is 0 Å². The molecule has 0 aromatic heterocycles.